The van der Waals surface area contributed by atoms with Gasteiger partial charge in [-0.05, 0) is 51.1 Å². The molecule has 2 rings (SSSR count). The van der Waals surface area contributed by atoms with Crippen LogP contribution in [0, 0.1) is 0 Å². The molecule has 0 aliphatic carbocycles. The van der Waals surface area contributed by atoms with Crippen LogP contribution in [0.1, 0.15) is 57.5 Å². The lowest BCUT2D eigenvalue weighted by Gasteiger charge is -2.25. The molecule has 1 fully saturated rings. The normalized spacial score (nSPS) is 20.6. The molecule has 0 bridgehead atoms. The van der Waals surface area contributed by atoms with Crippen molar-refractivity contribution in [2.75, 3.05) is 18.0 Å². The number of piperidine rings is 1. The van der Waals surface area contributed by atoms with E-state index in [0.29, 0.717) is 0 Å². The Labute approximate surface area is 127 Å². The van der Waals surface area contributed by atoms with Gasteiger partial charge in [-0.3, -0.25) is 0 Å². The molecule has 1 N–H and O–H groups in total. The zero-order chi connectivity index (χ0) is 14.5. The van der Waals surface area contributed by atoms with Crippen molar-refractivity contribution in [2.24, 2.45) is 0 Å². The first kappa shape index (κ1) is 15.9. The van der Waals surface area contributed by atoms with Crippen molar-refractivity contribution >= 4 is 28.5 Å². The SMILES string of the molecule is CC[C@H](C)S(=O)NC(C)c1nc(N2CCCCC2)ns1. The maximum Gasteiger partial charge on any atom is 0.237 e. The molecule has 114 valence electrons. The summed E-state index contributed by atoms with van der Waals surface area (Å²) in [4.78, 5) is 6.86. The highest BCUT2D eigenvalue weighted by Gasteiger charge is 2.20. The summed E-state index contributed by atoms with van der Waals surface area (Å²) in [5, 5.41) is 1.08. The topological polar surface area (TPSA) is 58.1 Å². The van der Waals surface area contributed by atoms with Crippen LogP contribution < -0.4 is 9.62 Å². The summed E-state index contributed by atoms with van der Waals surface area (Å²) in [7, 11) is -1.02. The van der Waals surface area contributed by atoms with Crippen LogP contribution in [0.15, 0.2) is 0 Å². The Balaban J connectivity index is 1.95. The molecule has 0 spiro atoms. The Hall–Kier alpha value is -0.530. The minimum absolute atomic E-state index is 0.0131. The van der Waals surface area contributed by atoms with E-state index in [1.807, 2.05) is 20.8 Å². The Bertz CT molecular complexity index is 445. The van der Waals surface area contributed by atoms with E-state index in [1.54, 1.807) is 0 Å². The molecule has 20 heavy (non-hydrogen) atoms. The van der Waals surface area contributed by atoms with Gasteiger partial charge in [0.05, 0.1) is 17.0 Å². The highest BCUT2D eigenvalue weighted by Crippen LogP contribution is 2.22. The molecular formula is C13H24N4OS2. The summed E-state index contributed by atoms with van der Waals surface area (Å²) in [5.74, 6) is 0.840. The average molecular weight is 316 g/mol. The van der Waals surface area contributed by atoms with Gasteiger partial charge in [0.25, 0.3) is 0 Å². The van der Waals surface area contributed by atoms with Gasteiger partial charge in [-0.25, -0.2) is 13.9 Å². The summed E-state index contributed by atoms with van der Waals surface area (Å²) >= 11 is 1.41. The van der Waals surface area contributed by atoms with Crippen LogP contribution in [0.5, 0.6) is 0 Å². The van der Waals surface area contributed by atoms with Crippen molar-refractivity contribution in [2.45, 2.75) is 57.7 Å². The Morgan fingerprint density at radius 2 is 2.05 bits per heavy atom. The second-order valence-corrected chi connectivity index (χ2v) is 7.75. The lowest BCUT2D eigenvalue weighted by atomic mass is 10.1. The smallest absolute Gasteiger partial charge is 0.237 e. The van der Waals surface area contributed by atoms with E-state index in [2.05, 4.69) is 19.0 Å². The summed E-state index contributed by atoms with van der Waals surface area (Å²) in [6, 6.07) is -0.0131. The molecule has 1 aliphatic heterocycles. The van der Waals surface area contributed by atoms with Gasteiger partial charge in [-0.15, -0.1) is 0 Å². The number of nitrogens with one attached hydrogen (secondary N) is 1. The van der Waals surface area contributed by atoms with Crippen molar-refractivity contribution in [1.82, 2.24) is 14.1 Å². The summed E-state index contributed by atoms with van der Waals surface area (Å²) in [6.07, 6.45) is 4.65. The largest absolute Gasteiger partial charge is 0.340 e. The van der Waals surface area contributed by atoms with Gasteiger partial charge in [0.1, 0.15) is 5.01 Å². The molecule has 5 nitrogen and oxygen atoms in total. The molecule has 2 unspecified atom stereocenters. The van der Waals surface area contributed by atoms with Crippen LogP contribution in [-0.4, -0.2) is 31.9 Å². The average Bonchev–Trinajstić information content (AvgIpc) is 2.97. The van der Waals surface area contributed by atoms with Crippen molar-refractivity contribution in [3.8, 4) is 0 Å². The highest BCUT2D eigenvalue weighted by atomic mass is 32.2. The summed E-state index contributed by atoms with van der Waals surface area (Å²) in [6.45, 7) is 8.15. The molecule has 2 heterocycles. The van der Waals surface area contributed by atoms with Crippen LogP contribution in [-0.2, 0) is 11.0 Å². The van der Waals surface area contributed by atoms with Gasteiger partial charge in [-0.1, -0.05) is 6.92 Å². The third-order valence-corrected chi connectivity index (χ3v) is 6.21. The maximum atomic E-state index is 12.0. The van der Waals surface area contributed by atoms with Gasteiger partial charge in [0.2, 0.25) is 5.95 Å². The number of anilines is 1. The van der Waals surface area contributed by atoms with Crippen LogP contribution in [0.25, 0.3) is 0 Å². The monoisotopic (exact) mass is 316 g/mol. The Morgan fingerprint density at radius 1 is 1.35 bits per heavy atom. The van der Waals surface area contributed by atoms with Crippen LogP contribution in [0.4, 0.5) is 5.95 Å². The van der Waals surface area contributed by atoms with Crippen LogP contribution in [0.3, 0.4) is 0 Å². The fourth-order valence-electron chi connectivity index (χ4n) is 2.12. The minimum Gasteiger partial charge on any atom is -0.340 e. The molecule has 1 aliphatic rings. The maximum absolute atomic E-state index is 12.0. The van der Waals surface area contributed by atoms with Crippen LogP contribution >= 0.6 is 11.5 Å². The number of hydrogen-bond acceptors (Lipinski definition) is 5. The quantitative estimate of drug-likeness (QED) is 0.876. The molecule has 7 heteroatoms. The van der Waals surface area contributed by atoms with Crippen molar-refractivity contribution in [3.05, 3.63) is 5.01 Å². The van der Waals surface area contributed by atoms with Crippen LogP contribution in [0.2, 0.25) is 0 Å². The van der Waals surface area contributed by atoms with Gasteiger partial charge in [-0.2, -0.15) is 4.37 Å². The Morgan fingerprint density at radius 3 is 2.70 bits per heavy atom. The number of hydrogen-bond donors (Lipinski definition) is 1. The molecule has 0 aromatic carbocycles. The van der Waals surface area contributed by atoms with E-state index < -0.39 is 11.0 Å². The lowest BCUT2D eigenvalue weighted by molar-refractivity contribution is 0.569. The van der Waals surface area contributed by atoms with Crippen molar-refractivity contribution < 1.29 is 4.21 Å². The third kappa shape index (κ3) is 3.99. The number of nitrogens with zero attached hydrogens (tertiary/aromatic N) is 3. The summed E-state index contributed by atoms with van der Waals surface area (Å²) < 4.78 is 19.6. The first-order valence-electron chi connectivity index (χ1n) is 7.37. The van der Waals surface area contributed by atoms with E-state index >= 15 is 0 Å². The second kappa shape index (κ2) is 7.47. The number of rotatable bonds is 6. The zero-order valence-corrected chi connectivity index (χ0v) is 14.1. The van der Waals surface area contributed by atoms with E-state index in [-0.39, 0.29) is 11.3 Å². The molecule has 0 radical (unpaired) electrons. The molecule has 1 aromatic rings. The Kier molecular flexibility index (Phi) is 5.92. The molecule has 0 saturated carbocycles. The molecular weight excluding hydrogens is 292 g/mol. The standard InChI is InChI=1S/C13H24N4OS2/c1-4-10(2)20(18)16-11(3)12-14-13(15-19-12)17-8-6-5-7-9-17/h10-11,16H,4-9H2,1-3H3/t10-,11?,20?/m0/s1. The van der Waals surface area contributed by atoms with E-state index in [9.17, 15) is 4.21 Å². The van der Waals surface area contributed by atoms with E-state index in [0.717, 1.165) is 30.5 Å². The molecule has 1 saturated heterocycles. The zero-order valence-electron chi connectivity index (χ0n) is 12.5. The van der Waals surface area contributed by atoms with Gasteiger partial charge >= 0.3 is 0 Å². The predicted octanol–water partition coefficient (Wildman–Crippen LogP) is 2.64. The molecule has 3 atom stereocenters. The first-order chi connectivity index (χ1) is 9.61. The highest BCUT2D eigenvalue weighted by molar-refractivity contribution is 7.83. The van der Waals surface area contributed by atoms with E-state index in [4.69, 9.17) is 0 Å². The van der Waals surface area contributed by atoms with Crippen molar-refractivity contribution in [3.63, 3.8) is 0 Å². The van der Waals surface area contributed by atoms with Gasteiger partial charge in [0, 0.05) is 18.3 Å². The molecule has 1 aromatic heterocycles. The minimum atomic E-state index is -1.02. The second-order valence-electron chi connectivity index (χ2n) is 5.34. The van der Waals surface area contributed by atoms with E-state index in [1.165, 1.54) is 30.8 Å². The first-order valence-corrected chi connectivity index (χ1v) is 9.35. The lowest BCUT2D eigenvalue weighted by Crippen LogP contribution is -2.30. The fourth-order valence-corrected chi connectivity index (χ4v) is 3.86. The summed E-state index contributed by atoms with van der Waals surface area (Å²) in [5.41, 5.74) is 0. The number of aromatic nitrogens is 2. The fraction of sp³-hybridized carbons (Fsp3) is 0.846. The predicted molar refractivity (Wildman–Crippen MR) is 85.4 cm³/mol. The van der Waals surface area contributed by atoms with Gasteiger partial charge in [0.15, 0.2) is 0 Å². The van der Waals surface area contributed by atoms with Gasteiger partial charge < -0.3 is 4.90 Å². The molecule has 0 amide bonds. The van der Waals surface area contributed by atoms with Crippen molar-refractivity contribution in [1.29, 1.82) is 0 Å². The third-order valence-electron chi connectivity index (χ3n) is 3.67.